The number of rotatable bonds is 5. The minimum Gasteiger partial charge on any atom is -0.480 e. The second-order valence-corrected chi connectivity index (χ2v) is 6.21. The number of hydrogen-bond acceptors (Lipinski definition) is 3. The molecule has 0 bridgehead atoms. The van der Waals surface area contributed by atoms with Crippen molar-refractivity contribution in [2.75, 3.05) is 0 Å². The summed E-state index contributed by atoms with van der Waals surface area (Å²) >= 11 is 0. The van der Waals surface area contributed by atoms with Gasteiger partial charge in [-0.1, -0.05) is 26.0 Å². The summed E-state index contributed by atoms with van der Waals surface area (Å²) in [7, 11) is -3.80. The van der Waals surface area contributed by atoms with Crippen LogP contribution >= 0.6 is 0 Å². The standard InChI is InChI=1S/C12H17NO4S/c1-8(2)11(12(14)15)13-18(16,17)10-6-4-5-9(3)7-10/h4-8,11,13H,1-3H3,(H,14,15)/t11-/m1/s1. The lowest BCUT2D eigenvalue weighted by Crippen LogP contribution is -2.44. The van der Waals surface area contributed by atoms with Crippen LogP contribution in [-0.2, 0) is 14.8 Å². The van der Waals surface area contributed by atoms with Crippen molar-refractivity contribution >= 4 is 16.0 Å². The Labute approximate surface area is 107 Å². The van der Waals surface area contributed by atoms with E-state index in [1.54, 1.807) is 32.9 Å². The second-order valence-electron chi connectivity index (χ2n) is 4.50. The van der Waals surface area contributed by atoms with Crippen LogP contribution in [0.1, 0.15) is 19.4 Å². The third kappa shape index (κ3) is 3.54. The van der Waals surface area contributed by atoms with Gasteiger partial charge in [0.2, 0.25) is 10.0 Å². The molecule has 0 saturated carbocycles. The summed E-state index contributed by atoms with van der Waals surface area (Å²) in [6.45, 7) is 5.07. The molecule has 0 saturated heterocycles. The molecule has 0 aromatic heterocycles. The topological polar surface area (TPSA) is 83.5 Å². The van der Waals surface area contributed by atoms with Crippen LogP contribution in [0.25, 0.3) is 0 Å². The number of carbonyl (C=O) groups is 1. The molecular weight excluding hydrogens is 254 g/mol. The Bertz CT molecular complexity index is 537. The monoisotopic (exact) mass is 271 g/mol. The van der Waals surface area contributed by atoms with Crippen LogP contribution in [0.4, 0.5) is 0 Å². The lowest BCUT2D eigenvalue weighted by Gasteiger charge is -2.18. The van der Waals surface area contributed by atoms with Crippen LogP contribution in [0.5, 0.6) is 0 Å². The molecule has 100 valence electrons. The minimum absolute atomic E-state index is 0.0781. The molecular formula is C12H17NO4S. The molecule has 0 aliphatic carbocycles. The predicted molar refractivity (Wildman–Crippen MR) is 67.8 cm³/mol. The van der Waals surface area contributed by atoms with Gasteiger partial charge >= 0.3 is 5.97 Å². The fourth-order valence-corrected chi connectivity index (χ4v) is 2.93. The largest absolute Gasteiger partial charge is 0.480 e. The number of aliphatic carboxylic acids is 1. The molecule has 0 spiro atoms. The summed E-state index contributed by atoms with van der Waals surface area (Å²) in [6.07, 6.45) is 0. The van der Waals surface area contributed by atoms with Gasteiger partial charge in [-0.3, -0.25) is 4.79 Å². The van der Waals surface area contributed by atoms with Crippen molar-refractivity contribution in [2.45, 2.75) is 31.7 Å². The summed E-state index contributed by atoms with van der Waals surface area (Å²) in [5.41, 5.74) is 0.800. The molecule has 5 nitrogen and oxygen atoms in total. The van der Waals surface area contributed by atoms with Crippen LogP contribution in [0.15, 0.2) is 29.2 Å². The van der Waals surface area contributed by atoms with E-state index in [1.165, 1.54) is 12.1 Å². The number of aryl methyl sites for hydroxylation is 1. The summed E-state index contributed by atoms with van der Waals surface area (Å²) in [5.74, 6) is -1.51. The number of carboxylic acids is 1. The summed E-state index contributed by atoms with van der Waals surface area (Å²) < 4.78 is 26.3. The van der Waals surface area contributed by atoms with Crippen molar-refractivity contribution in [2.24, 2.45) is 5.92 Å². The molecule has 0 amide bonds. The summed E-state index contributed by atoms with van der Waals surface area (Å²) in [6, 6.07) is 5.21. The number of sulfonamides is 1. The zero-order valence-electron chi connectivity index (χ0n) is 10.5. The first kappa shape index (κ1) is 14.7. The van der Waals surface area contributed by atoms with Crippen molar-refractivity contribution in [3.05, 3.63) is 29.8 Å². The fraction of sp³-hybridized carbons (Fsp3) is 0.417. The zero-order valence-corrected chi connectivity index (χ0v) is 11.4. The van der Waals surface area contributed by atoms with E-state index < -0.39 is 22.0 Å². The molecule has 6 heteroatoms. The number of carboxylic acid groups (broad SMARTS) is 1. The van der Waals surface area contributed by atoms with E-state index in [4.69, 9.17) is 5.11 Å². The van der Waals surface area contributed by atoms with E-state index in [-0.39, 0.29) is 10.8 Å². The number of hydrogen-bond donors (Lipinski definition) is 2. The van der Waals surface area contributed by atoms with E-state index >= 15 is 0 Å². The van der Waals surface area contributed by atoms with E-state index in [9.17, 15) is 13.2 Å². The van der Waals surface area contributed by atoms with Crippen molar-refractivity contribution in [1.82, 2.24) is 4.72 Å². The smallest absolute Gasteiger partial charge is 0.322 e. The van der Waals surface area contributed by atoms with Crippen LogP contribution in [0.2, 0.25) is 0 Å². The molecule has 0 aliphatic rings. The van der Waals surface area contributed by atoms with Crippen LogP contribution < -0.4 is 4.72 Å². The average molecular weight is 271 g/mol. The minimum atomic E-state index is -3.80. The normalized spacial score (nSPS) is 13.6. The highest BCUT2D eigenvalue weighted by Crippen LogP contribution is 2.13. The SMILES string of the molecule is Cc1cccc(S(=O)(=O)N[C@@H](C(=O)O)C(C)C)c1. The highest BCUT2D eigenvalue weighted by atomic mass is 32.2. The molecule has 18 heavy (non-hydrogen) atoms. The van der Waals surface area contributed by atoms with Gasteiger partial charge in [0.05, 0.1) is 4.90 Å². The van der Waals surface area contributed by atoms with E-state index in [1.807, 2.05) is 0 Å². The van der Waals surface area contributed by atoms with Gasteiger partial charge in [-0.25, -0.2) is 8.42 Å². The Morgan fingerprint density at radius 1 is 1.33 bits per heavy atom. The third-order valence-corrected chi connectivity index (χ3v) is 3.95. The second kappa shape index (κ2) is 5.49. The van der Waals surface area contributed by atoms with E-state index in [2.05, 4.69) is 4.72 Å². The molecule has 1 rings (SSSR count). The van der Waals surface area contributed by atoms with Gasteiger partial charge in [-0.2, -0.15) is 4.72 Å². The first-order valence-corrected chi connectivity index (χ1v) is 7.04. The van der Waals surface area contributed by atoms with Crippen molar-refractivity contribution in [1.29, 1.82) is 0 Å². The van der Waals surface area contributed by atoms with Crippen LogP contribution in [0.3, 0.4) is 0 Å². The lowest BCUT2D eigenvalue weighted by atomic mass is 10.1. The van der Waals surface area contributed by atoms with E-state index in [0.717, 1.165) is 5.56 Å². The van der Waals surface area contributed by atoms with Gasteiger partial charge < -0.3 is 5.11 Å². The predicted octanol–water partition coefficient (Wildman–Crippen LogP) is 1.38. The molecule has 1 atom stereocenters. The summed E-state index contributed by atoms with van der Waals surface area (Å²) in [4.78, 5) is 11.1. The van der Waals surface area contributed by atoms with Gasteiger partial charge in [0.1, 0.15) is 6.04 Å². The number of benzene rings is 1. The first-order valence-electron chi connectivity index (χ1n) is 5.56. The Hall–Kier alpha value is -1.40. The van der Waals surface area contributed by atoms with Gasteiger partial charge in [-0.15, -0.1) is 0 Å². The van der Waals surface area contributed by atoms with Crippen LogP contribution in [0, 0.1) is 12.8 Å². The van der Waals surface area contributed by atoms with Gasteiger partial charge in [-0.05, 0) is 30.5 Å². The van der Waals surface area contributed by atoms with Crippen molar-refractivity contribution in [3.8, 4) is 0 Å². The maximum Gasteiger partial charge on any atom is 0.322 e. The lowest BCUT2D eigenvalue weighted by molar-refractivity contribution is -0.140. The highest BCUT2D eigenvalue weighted by Gasteiger charge is 2.27. The molecule has 1 aromatic rings. The maximum absolute atomic E-state index is 12.0. The number of nitrogens with one attached hydrogen (secondary N) is 1. The van der Waals surface area contributed by atoms with Crippen LogP contribution in [-0.4, -0.2) is 25.5 Å². The zero-order chi connectivity index (χ0) is 13.9. The molecule has 0 aliphatic heterocycles. The summed E-state index contributed by atoms with van der Waals surface area (Å²) in [5, 5.41) is 8.98. The molecule has 2 N–H and O–H groups in total. The fourth-order valence-electron chi connectivity index (χ4n) is 1.49. The molecule has 0 radical (unpaired) electrons. The first-order chi connectivity index (χ1) is 8.24. The van der Waals surface area contributed by atoms with Gasteiger partial charge in [0, 0.05) is 0 Å². The molecule has 1 aromatic carbocycles. The quantitative estimate of drug-likeness (QED) is 0.847. The molecule has 0 heterocycles. The third-order valence-electron chi connectivity index (χ3n) is 2.51. The van der Waals surface area contributed by atoms with Crippen molar-refractivity contribution < 1.29 is 18.3 Å². The van der Waals surface area contributed by atoms with Gasteiger partial charge in [0.15, 0.2) is 0 Å². The highest BCUT2D eigenvalue weighted by molar-refractivity contribution is 7.89. The van der Waals surface area contributed by atoms with E-state index in [0.29, 0.717) is 0 Å². The maximum atomic E-state index is 12.0. The Balaban J connectivity index is 3.05. The molecule has 0 fully saturated rings. The Morgan fingerprint density at radius 3 is 2.39 bits per heavy atom. The Morgan fingerprint density at radius 2 is 1.94 bits per heavy atom. The molecule has 0 unspecified atom stereocenters. The average Bonchev–Trinajstić information content (AvgIpc) is 2.25. The van der Waals surface area contributed by atoms with Crippen molar-refractivity contribution in [3.63, 3.8) is 0 Å². The van der Waals surface area contributed by atoms with Gasteiger partial charge in [0.25, 0.3) is 0 Å². The Kier molecular flexibility index (Phi) is 4.48.